The molecule has 6 nitrogen and oxygen atoms in total. The molecule has 2 rings (SSSR count). The summed E-state index contributed by atoms with van der Waals surface area (Å²) in [6.45, 7) is 3.58. The quantitative estimate of drug-likeness (QED) is 0.675. The predicted molar refractivity (Wildman–Crippen MR) is 71.3 cm³/mol. The van der Waals surface area contributed by atoms with Gasteiger partial charge in [0.1, 0.15) is 5.75 Å². The minimum atomic E-state index is -0.448. The van der Waals surface area contributed by atoms with Crippen molar-refractivity contribution in [3.05, 3.63) is 51.7 Å². The molecule has 6 heteroatoms. The number of nitrogens with two attached hydrogens (primary N) is 1. The SMILES string of the molecule is Cc1cc([N+](=O)[O-])ccc1Oc1nccc(C)c1N. The largest absolute Gasteiger partial charge is 0.437 e. The van der Waals surface area contributed by atoms with Crippen LogP contribution >= 0.6 is 0 Å². The van der Waals surface area contributed by atoms with Crippen molar-refractivity contribution in [3.63, 3.8) is 0 Å². The van der Waals surface area contributed by atoms with Crippen molar-refractivity contribution in [2.45, 2.75) is 13.8 Å². The van der Waals surface area contributed by atoms with Crippen LogP contribution in [0.25, 0.3) is 0 Å². The molecule has 0 radical (unpaired) electrons. The number of hydrogen-bond acceptors (Lipinski definition) is 5. The fraction of sp³-hybridized carbons (Fsp3) is 0.154. The molecule has 98 valence electrons. The van der Waals surface area contributed by atoms with Crippen LogP contribution in [0.1, 0.15) is 11.1 Å². The monoisotopic (exact) mass is 259 g/mol. The lowest BCUT2D eigenvalue weighted by molar-refractivity contribution is -0.384. The van der Waals surface area contributed by atoms with E-state index in [1.54, 1.807) is 19.2 Å². The van der Waals surface area contributed by atoms with Gasteiger partial charge in [-0.3, -0.25) is 10.1 Å². The Morgan fingerprint density at radius 2 is 2.00 bits per heavy atom. The van der Waals surface area contributed by atoms with Crippen LogP contribution in [0.4, 0.5) is 11.4 Å². The topological polar surface area (TPSA) is 91.3 Å². The second-order valence-corrected chi connectivity index (χ2v) is 4.16. The van der Waals surface area contributed by atoms with Crippen molar-refractivity contribution in [1.82, 2.24) is 4.98 Å². The number of benzene rings is 1. The van der Waals surface area contributed by atoms with Crippen LogP contribution in [-0.2, 0) is 0 Å². The first-order valence-corrected chi connectivity index (χ1v) is 5.63. The van der Waals surface area contributed by atoms with Gasteiger partial charge in [0.2, 0.25) is 5.88 Å². The highest BCUT2D eigenvalue weighted by Crippen LogP contribution is 2.30. The number of pyridine rings is 1. The number of nitrogens with zero attached hydrogens (tertiary/aromatic N) is 2. The van der Waals surface area contributed by atoms with E-state index in [1.807, 2.05) is 6.92 Å². The molecule has 0 amide bonds. The van der Waals surface area contributed by atoms with E-state index in [1.165, 1.54) is 18.2 Å². The number of non-ortho nitro benzene ring substituents is 1. The van der Waals surface area contributed by atoms with Gasteiger partial charge in [-0.05, 0) is 37.1 Å². The molecule has 1 aromatic heterocycles. The molecule has 1 heterocycles. The number of aryl methyl sites for hydroxylation is 2. The van der Waals surface area contributed by atoms with Crippen molar-refractivity contribution in [2.75, 3.05) is 5.73 Å². The highest BCUT2D eigenvalue weighted by molar-refractivity contribution is 5.56. The molecule has 0 unspecified atom stereocenters. The summed E-state index contributed by atoms with van der Waals surface area (Å²) in [7, 11) is 0. The van der Waals surface area contributed by atoms with Crippen LogP contribution < -0.4 is 10.5 Å². The summed E-state index contributed by atoms with van der Waals surface area (Å²) in [6, 6.07) is 6.15. The highest BCUT2D eigenvalue weighted by Gasteiger charge is 2.11. The van der Waals surface area contributed by atoms with Crippen LogP contribution in [-0.4, -0.2) is 9.91 Å². The van der Waals surface area contributed by atoms with E-state index >= 15 is 0 Å². The standard InChI is InChI=1S/C13H13N3O3/c1-8-5-6-15-13(12(8)14)19-11-4-3-10(16(17)18)7-9(11)2/h3-7H,14H2,1-2H3. The Bertz CT molecular complexity index is 641. The smallest absolute Gasteiger partial charge is 0.269 e. The molecular formula is C13H13N3O3. The van der Waals surface area contributed by atoms with Crippen molar-refractivity contribution >= 4 is 11.4 Å². The van der Waals surface area contributed by atoms with Gasteiger partial charge in [0, 0.05) is 18.3 Å². The van der Waals surface area contributed by atoms with Gasteiger partial charge in [-0.2, -0.15) is 0 Å². The fourth-order valence-electron chi connectivity index (χ4n) is 1.59. The number of rotatable bonds is 3. The fourth-order valence-corrected chi connectivity index (χ4v) is 1.59. The van der Waals surface area contributed by atoms with Gasteiger partial charge in [0.05, 0.1) is 10.6 Å². The number of nitro groups is 1. The number of nitro benzene ring substituents is 1. The zero-order valence-corrected chi connectivity index (χ0v) is 10.6. The molecule has 2 N–H and O–H groups in total. The summed E-state index contributed by atoms with van der Waals surface area (Å²) in [5, 5.41) is 10.7. The summed E-state index contributed by atoms with van der Waals surface area (Å²) < 4.78 is 5.60. The van der Waals surface area contributed by atoms with Gasteiger partial charge in [-0.15, -0.1) is 0 Å². The van der Waals surface area contributed by atoms with E-state index in [4.69, 9.17) is 10.5 Å². The summed E-state index contributed by atoms with van der Waals surface area (Å²) in [5.41, 5.74) is 7.86. The van der Waals surface area contributed by atoms with Crippen LogP contribution in [0.15, 0.2) is 30.5 Å². The third kappa shape index (κ3) is 2.62. The van der Waals surface area contributed by atoms with E-state index in [0.717, 1.165) is 5.56 Å². The van der Waals surface area contributed by atoms with Crippen molar-refractivity contribution in [3.8, 4) is 11.6 Å². The van der Waals surface area contributed by atoms with Crippen molar-refractivity contribution in [2.24, 2.45) is 0 Å². The summed E-state index contributed by atoms with van der Waals surface area (Å²) >= 11 is 0. The molecule has 0 fully saturated rings. The molecule has 0 aliphatic rings. The van der Waals surface area contributed by atoms with Crippen LogP contribution in [0.2, 0.25) is 0 Å². The maximum absolute atomic E-state index is 10.7. The van der Waals surface area contributed by atoms with E-state index < -0.39 is 4.92 Å². The molecule has 2 aromatic rings. The number of aromatic nitrogens is 1. The summed E-state index contributed by atoms with van der Waals surface area (Å²) in [5.74, 6) is 0.798. The molecule has 0 spiro atoms. The predicted octanol–water partition coefficient (Wildman–Crippen LogP) is 2.98. The van der Waals surface area contributed by atoms with Gasteiger partial charge >= 0.3 is 0 Å². The molecule has 1 aromatic carbocycles. The van der Waals surface area contributed by atoms with Crippen molar-refractivity contribution < 1.29 is 9.66 Å². The Morgan fingerprint density at radius 3 is 2.63 bits per heavy atom. The Labute approximate surface area is 110 Å². The minimum Gasteiger partial charge on any atom is -0.437 e. The second-order valence-electron chi connectivity index (χ2n) is 4.16. The Morgan fingerprint density at radius 1 is 1.26 bits per heavy atom. The molecule has 0 atom stereocenters. The minimum absolute atomic E-state index is 0.0232. The van der Waals surface area contributed by atoms with E-state index in [0.29, 0.717) is 22.9 Å². The summed E-state index contributed by atoms with van der Waals surface area (Å²) in [4.78, 5) is 14.3. The number of hydrogen-bond donors (Lipinski definition) is 1. The average Bonchev–Trinajstić information content (AvgIpc) is 2.37. The Balaban J connectivity index is 2.34. The Kier molecular flexibility index (Phi) is 3.33. The normalized spacial score (nSPS) is 10.2. The van der Waals surface area contributed by atoms with Crippen LogP contribution in [0.3, 0.4) is 0 Å². The maximum Gasteiger partial charge on any atom is 0.269 e. The van der Waals surface area contributed by atoms with Gasteiger partial charge in [0.15, 0.2) is 0 Å². The van der Waals surface area contributed by atoms with Crippen molar-refractivity contribution in [1.29, 1.82) is 0 Å². The first-order chi connectivity index (χ1) is 8.99. The molecular weight excluding hydrogens is 246 g/mol. The second kappa shape index (κ2) is 4.93. The molecule has 0 aliphatic heterocycles. The van der Waals surface area contributed by atoms with Gasteiger partial charge in [-0.1, -0.05) is 0 Å². The van der Waals surface area contributed by atoms with E-state index in [2.05, 4.69) is 4.98 Å². The molecule has 0 saturated carbocycles. The lowest BCUT2D eigenvalue weighted by atomic mass is 10.2. The molecule has 0 bridgehead atoms. The molecule has 0 saturated heterocycles. The number of anilines is 1. The maximum atomic E-state index is 10.7. The third-order valence-corrected chi connectivity index (χ3v) is 2.75. The lowest BCUT2D eigenvalue weighted by Crippen LogP contribution is -1.98. The number of nitrogen functional groups attached to an aromatic ring is 1. The number of ether oxygens (including phenoxy) is 1. The van der Waals surface area contributed by atoms with Gasteiger partial charge < -0.3 is 10.5 Å². The van der Waals surface area contributed by atoms with E-state index in [9.17, 15) is 10.1 Å². The summed E-state index contributed by atoms with van der Waals surface area (Å²) in [6.07, 6.45) is 1.60. The van der Waals surface area contributed by atoms with Crippen LogP contribution in [0.5, 0.6) is 11.6 Å². The molecule has 0 aliphatic carbocycles. The van der Waals surface area contributed by atoms with Gasteiger partial charge in [0.25, 0.3) is 5.69 Å². The first-order valence-electron chi connectivity index (χ1n) is 5.63. The zero-order valence-electron chi connectivity index (χ0n) is 10.6. The van der Waals surface area contributed by atoms with Gasteiger partial charge in [-0.25, -0.2) is 4.98 Å². The van der Waals surface area contributed by atoms with Crippen LogP contribution in [0, 0.1) is 24.0 Å². The first kappa shape index (κ1) is 12.8. The Hall–Kier alpha value is -2.63. The average molecular weight is 259 g/mol. The zero-order chi connectivity index (χ0) is 14.0. The molecule has 19 heavy (non-hydrogen) atoms. The highest BCUT2D eigenvalue weighted by atomic mass is 16.6. The lowest BCUT2D eigenvalue weighted by Gasteiger charge is -2.10. The third-order valence-electron chi connectivity index (χ3n) is 2.75. The van der Waals surface area contributed by atoms with E-state index in [-0.39, 0.29) is 5.69 Å².